The molecule has 0 aliphatic carbocycles. The van der Waals surface area contributed by atoms with E-state index < -0.39 is 0 Å². The Morgan fingerprint density at radius 2 is 2.14 bits per heavy atom. The minimum Gasteiger partial charge on any atom is -0.493 e. The van der Waals surface area contributed by atoms with Gasteiger partial charge in [-0.3, -0.25) is 0 Å². The fraction of sp³-hybridized carbons (Fsp3) is 0.500. The van der Waals surface area contributed by atoms with Gasteiger partial charge in [0.25, 0.3) is 0 Å². The van der Waals surface area contributed by atoms with Crippen molar-refractivity contribution in [1.29, 1.82) is 0 Å². The maximum atomic E-state index is 5.95. The molecule has 0 aromatic heterocycles. The highest BCUT2D eigenvalue weighted by atomic mass is 35.5. The summed E-state index contributed by atoms with van der Waals surface area (Å²) in [5.74, 6) is 1.000. The summed E-state index contributed by atoms with van der Waals surface area (Å²) in [4.78, 5) is 0. The smallest absolute Gasteiger partial charge is 0.122 e. The van der Waals surface area contributed by atoms with Crippen LogP contribution in [0.4, 0.5) is 0 Å². The molecule has 76 valence electrons. The summed E-state index contributed by atoms with van der Waals surface area (Å²) in [5, 5.41) is 0.798. The van der Waals surface area contributed by atoms with Crippen molar-refractivity contribution in [3.8, 4) is 5.75 Å². The molecule has 0 radical (unpaired) electrons. The molecule has 2 heteroatoms. The summed E-state index contributed by atoms with van der Waals surface area (Å²) in [6.45, 7) is 5.27. The molecule has 1 aliphatic rings. The maximum absolute atomic E-state index is 5.95. The first-order chi connectivity index (χ1) is 6.57. The van der Waals surface area contributed by atoms with E-state index in [9.17, 15) is 0 Å². The van der Waals surface area contributed by atoms with Gasteiger partial charge in [0.15, 0.2) is 0 Å². The fourth-order valence-electron chi connectivity index (χ4n) is 1.70. The van der Waals surface area contributed by atoms with Crippen molar-refractivity contribution < 1.29 is 4.74 Å². The molecule has 0 amide bonds. The van der Waals surface area contributed by atoms with E-state index in [1.807, 2.05) is 18.2 Å². The lowest BCUT2D eigenvalue weighted by Gasteiger charge is -2.20. The molecule has 1 aliphatic heterocycles. The zero-order valence-electron chi connectivity index (χ0n) is 8.64. The predicted octanol–water partition coefficient (Wildman–Crippen LogP) is 3.69. The van der Waals surface area contributed by atoms with Crippen LogP contribution in [0, 0.1) is 5.41 Å². The van der Waals surface area contributed by atoms with Crippen LogP contribution in [0.5, 0.6) is 5.75 Å². The molecular weight excluding hydrogens is 196 g/mol. The lowest BCUT2D eigenvalue weighted by molar-refractivity contribution is 0.182. The van der Waals surface area contributed by atoms with E-state index in [0.717, 1.165) is 30.2 Å². The monoisotopic (exact) mass is 210 g/mol. The molecule has 0 unspecified atom stereocenters. The first-order valence-electron chi connectivity index (χ1n) is 4.98. The van der Waals surface area contributed by atoms with Gasteiger partial charge < -0.3 is 4.74 Å². The topological polar surface area (TPSA) is 9.23 Å². The Morgan fingerprint density at radius 3 is 2.93 bits per heavy atom. The third-order valence-electron chi connectivity index (χ3n) is 2.71. The van der Waals surface area contributed by atoms with Crippen molar-refractivity contribution in [3.63, 3.8) is 0 Å². The highest BCUT2D eigenvalue weighted by molar-refractivity contribution is 6.30. The molecule has 0 atom stereocenters. The molecule has 2 rings (SSSR count). The number of rotatable bonds is 0. The quantitative estimate of drug-likeness (QED) is 0.635. The second-order valence-corrected chi connectivity index (χ2v) is 5.14. The van der Waals surface area contributed by atoms with Crippen LogP contribution in [0.3, 0.4) is 0 Å². The van der Waals surface area contributed by atoms with Gasteiger partial charge in [0.2, 0.25) is 0 Å². The number of hydrogen-bond acceptors (Lipinski definition) is 1. The van der Waals surface area contributed by atoms with Gasteiger partial charge in [0, 0.05) is 5.02 Å². The largest absolute Gasteiger partial charge is 0.493 e. The van der Waals surface area contributed by atoms with Gasteiger partial charge in [-0.15, -0.1) is 0 Å². The lowest BCUT2D eigenvalue weighted by Crippen LogP contribution is -2.19. The number of fused-ring (bicyclic) bond motifs is 1. The summed E-state index contributed by atoms with van der Waals surface area (Å²) in [7, 11) is 0. The van der Waals surface area contributed by atoms with Crippen LogP contribution in [0.2, 0.25) is 5.02 Å². The zero-order chi connectivity index (χ0) is 10.2. The first kappa shape index (κ1) is 9.85. The SMILES string of the molecule is CC1(C)CCc2cc(Cl)ccc2OC1. The molecule has 1 heterocycles. The molecule has 0 bridgehead atoms. The van der Waals surface area contributed by atoms with Crippen LogP contribution in [-0.4, -0.2) is 6.61 Å². The summed E-state index contributed by atoms with van der Waals surface area (Å²) in [6.07, 6.45) is 2.21. The fourth-order valence-corrected chi connectivity index (χ4v) is 1.90. The van der Waals surface area contributed by atoms with Crippen LogP contribution in [-0.2, 0) is 6.42 Å². The van der Waals surface area contributed by atoms with E-state index in [2.05, 4.69) is 13.8 Å². The molecule has 0 N–H and O–H groups in total. The molecule has 1 nitrogen and oxygen atoms in total. The van der Waals surface area contributed by atoms with Crippen LogP contribution >= 0.6 is 11.6 Å². The standard InChI is InChI=1S/C12H15ClO/c1-12(2)6-5-9-7-10(13)3-4-11(9)14-8-12/h3-4,7H,5-6,8H2,1-2H3. The summed E-state index contributed by atoms with van der Waals surface area (Å²) >= 11 is 5.95. The number of halogens is 1. The molecule has 0 saturated carbocycles. The van der Waals surface area contributed by atoms with Gasteiger partial charge >= 0.3 is 0 Å². The number of aryl methyl sites for hydroxylation is 1. The molecule has 1 aromatic carbocycles. The molecule has 0 fully saturated rings. The van der Waals surface area contributed by atoms with E-state index in [0.29, 0.717) is 0 Å². The third-order valence-corrected chi connectivity index (χ3v) is 2.95. The second kappa shape index (κ2) is 3.47. The zero-order valence-corrected chi connectivity index (χ0v) is 9.40. The average Bonchev–Trinajstić information content (AvgIpc) is 2.26. The van der Waals surface area contributed by atoms with Gasteiger partial charge in [0.1, 0.15) is 5.75 Å². The van der Waals surface area contributed by atoms with Crippen LogP contribution in [0.1, 0.15) is 25.8 Å². The Labute approximate surface area is 90.0 Å². The number of benzene rings is 1. The Bertz CT molecular complexity index is 344. The van der Waals surface area contributed by atoms with E-state index in [1.54, 1.807) is 0 Å². The summed E-state index contributed by atoms with van der Waals surface area (Å²) < 4.78 is 5.76. The Hall–Kier alpha value is -0.690. The predicted molar refractivity (Wildman–Crippen MR) is 59.0 cm³/mol. The molecule has 1 aromatic rings. The second-order valence-electron chi connectivity index (χ2n) is 4.70. The van der Waals surface area contributed by atoms with Crippen molar-refractivity contribution in [3.05, 3.63) is 28.8 Å². The maximum Gasteiger partial charge on any atom is 0.122 e. The first-order valence-corrected chi connectivity index (χ1v) is 5.36. The minimum absolute atomic E-state index is 0.269. The van der Waals surface area contributed by atoms with E-state index in [1.165, 1.54) is 5.56 Å². The lowest BCUT2D eigenvalue weighted by atomic mass is 9.88. The Morgan fingerprint density at radius 1 is 1.36 bits per heavy atom. The van der Waals surface area contributed by atoms with Crippen molar-refractivity contribution in [2.24, 2.45) is 5.41 Å². The summed E-state index contributed by atoms with van der Waals surface area (Å²) in [6, 6.07) is 5.87. The van der Waals surface area contributed by atoms with Crippen LogP contribution < -0.4 is 4.74 Å². The van der Waals surface area contributed by atoms with E-state index >= 15 is 0 Å². The Balaban J connectivity index is 2.30. The van der Waals surface area contributed by atoms with Gasteiger partial charge in [-0.05, 0) is 42.0 Å². The Kier molecular flexibility index (Phi) is 2.44. The van der Waals surface area contributed by atoms with Crippen LogP contribution in [0.15, 0.2) is 18.2 Å². The van der Waals surface area contributed by atoms with Gasteiger partial charge in [-0.25, -0.2) is 0 Å². The van der Waals surface area contributed by atoms with Gasteiger partial charge in [-0.1, -0.05) is 25.4 Å². The van der Waals surface area contributed by atoms with Gasteiger partial charge in [-0.2, -0.15) is 0 Å². The molecule has 14 heavy (non-hydrogen) atoms. The number of ether oxygens (including phenoxy) is 1. The van der Waals surface area contributed by atoms with Crippen molar-refractivity contribution in [2.45, 2.75) is 26.7 Å². The molecule has 0 spiro atoms. The highest BCUT2D eigenvalue weighted by Crippen LogP contribution is 2.33. The van der Waals surface area contributed by atoms with Crippen molar-refractivity contribution in [2.75, 3.05) is 6.61 Å². The van der Waals surface area contributed by atoms with Crippen molar-refractivity contribution in [1.82, 2.24) is 0 Å². The highest BCUT2D eigenvalue weighted by Gasteiger charge is 2.23. The third kappa shape index (κ3) is 2.03. The van der Waals surface area contributed by atoms with E-state index in [4.69, 9.17) is 16.3 Å². The molecule has 0 saturated heterocycles. The summed E-state index contributed by atoms with van der Waals surface area (Å²) in [5.41, 5.74) is 1.51. The minimum atomic E-state index is 0.269. The number of hydrogen-bond donors (Lipinski definition) is 0. The molecular formula is C12H15ClO. The van der Waals surface area contributed by atoms with Crippen molar-refractivity contribution >= 4 is 11.6 Å². The van der Waals surface area contributed by atoms with Gasteiger partial charge in [0.05, 0.1) is 6.61 Å². The normalized spacial score (nSPS) is 19.4. The average molecular weight is 211 g/mol. The van der Waals surface area contributed by atoms with Crippen LogP contribution in [0.25, 0.3) is 0 Å². The van der Waals surface area contributed by atoms with E-state index in [-0.39, 0.29) is 5.41 Å².